The van der Waals surface area contributed by atoms with Gasteiger partial charge in [0, 0.05) is 24.1 Å². The van der Waals surface area contributed by atoms with E-state index in [-0.39, 0.29) is 0 Å². The SMILES string of the molecule is CCC1(O)CN(CCOc2cccc(Br)c2)C1. The molecule has 4 heteroatoms. The number of hydrogen-bond acceptors (Lipinski definition) is 3. The van der Waals surface area contributed by atoms with Crippen LogP contribution in [0, 0.1) is 0 Å². The van der Waals surface area contributed by atoms with E-state index in [4.69, 9.17) is 4.74 Å². The first-order chi connectivity index (χ1) is 8.11. The Labute approximate surface area is 111 Å². The zero-order valence-corrected chi connectivity index (χ0v) is 11.6. The summed E-state index contributed by atoms with van der Waals surface area (Å²) in [6, 6.07) is 7.84. The molecule has 0 aliphatic carbocycles. The largest absolute Gasteiger partial charge is 0.492 e. The number of benzene rings is 1. The van der Waals surface area contributed by atoms with Crippen LogP contribution in [0.3, 0.4) is 0 Å². The lowest BCUT2D eigenvalue weighted by molar-refractivity contribution is -0.102. The molecular formula is C13H18BrNO2. The van der Waals surface area contributed by atoms with Crippen molar-refractivity contribution >= 4 is 15.9 Å². The molecule has 1 aromatic carbocycles. The highest BCUT2D eigenvalue weighted by atomic mass is 79.9. The summed E-state index contributed by atoms with van der Waals surface area (Å²) in [6.45, 7) is 5.09. The first kappa shape index (κ1) is 12.9. The van der Waals surface area contributed by atoms with Gasteiger partial charge in [-0.3, -0.25) is 4.90 Å². The van der Waals surface area contributed by atoms with Crippen LogP contribution in [0.5, 0.6) is 5.75 Å². The van der Waals surface area contributed by atoms with Crippen molar-refractivity contribution in [3.63, 3.8) is 0 Å². The van der Waals surface area contributed by atoms with E-state index in [9.17, 15) is 5.11 Å². The third-order valence-corrected chi connectivity index (χ3v) is 3.66. The van der Waals surface area contributed by atoms with E-state index in [2.05, 4.69) is 20.8 Å². The van der Waals surface area contributed by atoms with Gasteiger partial charge in [0.2, 0.25) is 0 Å². The van der Waals surface area contributed by atoms with Crippen molar-refractivity contribution in [3.8, 4) is 5.75 Å². The first-order valence-electron chi connectivity index (χ1n) is 5.94. The van der Waals surface area contributed by atoms with Gasteiger partial charge in [0.25, 0.3) is 0 Å². The number of ether oxygens (including phenoxy) is 1. The van der Waals surface area contributed by atoms with Crippen LogP contribution in [-0.4, -0.2) is 41.8 Å². The molecule has 17 heavy (non-hydrogen) atoms. The van der Waals surface area contributed by atoms with Crippen LogP contribution < -0.4 is 4.74 Å². The van der Waals surface area contributed by atoms with E-state index < -0.39 is 5.60 Å². The average Bonchev–Trinajstić information content (AvgIpc) is 2.26. The molecule has 0 radical (unpaired) electrons. The number of halogens is 1. The standard InChI is InChI=1S/C13H18BrNO2/c1-2-13(16)9-15(10-13)6-7-17-12-5-3-4-11(14)8-12/h3-5,8,16H,2,6-7,9-10H2,1H3. The monoisotopic (exact) mass is 299 g/mol. The Morgan fingerprint density at radius 3 is 2.88 bits per heavy atom. The van der Waals surface area contributed by atoms with Crippen molar-refractivity contribution in [3.05, 3.63) is 28.7 Å². The summed E-state index contributed by atoms with van der Waals surface area (Å²) in [6.07, 6.45) is 0.829. The second kappa shape index (κ2) is 5.38. The van der Waals surface area contributed by atoms with Gasteiger partial charge in [-0.05, 0) is 24.6 Å². The lowest BCUT2D eigenvalue weighted by Gasteiger charge is -2.46. The number of β-amino-alcohol motifs (C(OH)–C–C–N with tert-alkyl or cyclic N) is 1. The smallest absolute Gasteiger partial charge is 0.120 e. The molecule has 94 valence electrons. The molecule has 0 unspecified atom stereocenters. The molecule has 0 amide bonds. The van der Waals surface area contributed by atoms with Crippen molar-refractivity contribution < 1.29 is 9.84 Å². The molecule has 0 atom stereocenters. The van der Waals surface area contributed by atoms with Crippen molar-refractivity contribution in [2.75, 3.05) is 26.2 Å². The van der Waals surface area contributed by atoms with Crippen molar-refractivity contribution in [2.24, 2.45) is 0 Å². The lowest BCUT2D eigenvalue weighted by atomic mass is 9.91. The Kier molecular flexibility index (Phi) is 4.07. The molecule has 3 nitrogen and oxygen atoms in total. The van der Waals surface area contributed by atoms with Gasteiger partial charge < -0.3 is 9.84 Å². The predicted molar refractivity (Wildman–Crippen MR) is 71.3 cm³/mol. The number of hydrogen-bond donors (Lipinski definition) is 1. The molecule has 1 saturated heterocycles. The summed E-state index contributed by atoms with van der Waals surface area (Å²) < 4.78 is 6.67. The molecule has 0 saturated carbocycles. The third kappa shape index (κ3) is 3.44. The fourth-order valence-corrected chi connectivity index (χ4v) is 2.40. The maximum Gasteiger partial charge on any atom is 0.120 e. The Morgan fingerprint density at radius 2 is 2.24 bits per heavy atom. The fraction of sp³-hybridized carbons (Fsp3) is 0.538. The maximum atomic E-state index is 9.85. The van der Waals surface area contributed by atoms with Gasteiger partial charge in [-0.15, -0.1) is 0 Å². The highest BCUT2D eigenvalue weighted by Crippen LogP contribution is 2.23. The summed E-state index contributed by atoms with van der Waals surface area (Å²) in [7, 11) is 0. The van der Waals surface area contributed by atoms with Gasteiger partial charge in [0.15, 0.2) is 0 Å². The van der Waals surface area contributed by atoms with E-state index in [0.717, 1.165) is 36.3 Å². The number of likely N-dealkylation sites (tertiary alicyclic amines) is 1. The van der Waals surface area contributed by atoms with Gasteiger partial charge in [-0.2, -0.15) is 0 Å². The highest BCUT2D eigenvalue weighted by molar-refractivity contribution is 9.10. The summed E-state index contributed by atoms with van der Waals surface area (Å²) in [5.41, 5.74) is -0.449. The number of rotatable bonds is 5. The molecular weight excluding hydrogens is 282 g/mol. The minimum absolute atomic E-state index is 0.449. The highest BCUT2D eigenvalue weighted by Gasteiger charge is 2.38. The second-order valence-electron chi connectivity index (χ2n) is 4.59. The van der Waals surface area contributed by atoms with Gasteiger partial charge in [-0.1, -0.05) is 28.9 Å². The normalized spacial score (nSPS) is 18.8. The number of aliphatic hydroxyl groups is 1. The quantitative estimate of drug-likeness (QED) is 0.905. The van der Waals surface area contributed by atoms with Crippen LogP contribution in [-0.2, 0) is 0 Å². The molecule has 1 aliphatic rings. The first-order valence-corrected chi connectivity index (χ1v) is 6.74. The summed E-state index contributed by atoms with van der Waals surface area (Å²) >= 11 is 3.41. The third-order valence-electron chi connectivity index (χ3n) is 3.17. The molecule has 1 N–H and O–H groups in total. The van der Waals surface area contributed by atoms with E-state index in [1.165, 1.54) is 0 Å². The minimum Gasteiger partial charge on any atom is -0.492 e. The molecule has 1 aromatic rings. The van der Waals surface area contributed by atoms with Crippen LogP contribution in [0.1, 0.15) is 13.3 Å². The molecule has 0 aromatic heterocycles. The van der Waals surface area contributed by atoms with Gasteiger partial charge >= 0.3 is 0 Å². The van der Waals surface area contributed by atoms with Gasteiger partial charge in [0.05, 0.1) is 5.60 Å². The van der Waals surface area contributed by atoms with E-state index in [1.54, 1.807) is 0 Å². The van der Waals surface area contributed by atoms with E-state index in [0.29, 0.717) is 6.61 Å². The Bertz CT molecular complexity index is 377. The molecule has 1 aliphatic heterocycles. The van der Waals surface area contributed by atoms with Crippen LogP contribution in [0.4, 0.5) is 0 Å². The van der Waals surface area contributed by atoms with Crippen molar-refractivity contribution in [1.29, 1.82) is 0 Å². The Morgan fingerprint density at radius 1 is 1.47 bits per heavy atom. The molecule has 1 fully saturated rings. The molecule has 2 rings (SSSR count). The van der Waals surface area contributed by atoms with E-state index in [1.807, 2.05) is 31.2 Å². The van der Waals surface area contributed by atoms with Gasteiger partial charge in [-0.25, -0.2) is 0 Å². The van der Waals surface area contributed by atoms with Crippen molar-refractivity contribution in [2.45, 2.75) is 18.9 Å². The van der Waals surface area contributed by atoms with E-state index >= 15 is 0 Å². The lowest BCUT2D eigenvalue weighted by Crippen LogP contribution is -2.61. The zero-order valence-electron chi connectivity index (χ0n) is 10.0. The van der Waals surface area contributed by atoms with Crippen LogP contribution in [0.15, 0.2) is 28.7 Å². The number of nitrogens with zero attached hydrogens (tertiary/aromatic N) is 1. The zero-order chi connectivity index (χ0) is 12.3. The van der Waals surface area contributed by atoms with Crippen LogP contribution in [0.2, 0.25) is 0 Å². The Hall–Kier alpha value is -0.580. The second-order valence-corrected chi connectivity index (χ2v) is 5.51. The Balaban J connectivity index is 1.68. The molecule has 1 heterocycles. The molecule has 0 spiro atoms. The summed E-state index contributed by atoms with van der Waals surface area (Å²) in [5, 5.41) is 9.85. The average molecular weight is 300 g/mol. The maximum absolute atomic E-state index is 9.85. The van der Waals surface area contributed by atoms with Gasteiger partial charge in [0.1, 0.15) is 12.4 Å². The molecule has 0 bridgehead atoms. The summed E-state index contributed by atoms with van der Waals surface area (Å²) in [5.74, 6) is 0.880. The minimum atomic E-state index is -0.449. The van der Waals surface area contributed by atoms with Crippen LogP contribution >= 0.6 is 15.9 Å². The predicted octanol–water partition coefficient (Wildman–Crippen LogP) is 2.28. The van der Waals surface area contributed by atoms with Crippen LogP contribution in [0.25, 0.3) is 0 Å². The summed E-state index contributed by atoms with van der Waals surface area (Å²) in [4.78, 5) is 2.21. The van der Waals surface area contributed by atoms with Crippen molar-refractivity contribution in [1.82, 2.24) is 4.90 Å². The topological polar surface area (TPSA) is 32.7 Å². The fourth-order valence-electron chi connectivity index (χ4n) is 2.02.